The third-order valence-electron chi connectivity index (χ3n) is 2.88. The third-order valence-corrected chi connectivity index (χ3v) is 3.37. The zero-order valence-corrected chi connectivity index (χ0v) is 12.8. The van der Waals surface area contributed by atoms with E-state index in [4.69, 9.17) is 0 Å². The van der Waals surface area contributed by atoms with Crippen LogP contribution in [0.2, 0.25) is 0 Å². The Labute approximate surface area is 117 Å². The SMILES string of the molecule is CCC(NCC(=O)Nc1cccc(Br)c1)C(C)C. The van der Waals surface area contributed by atoms with E-state index in [2.05, 4.69) is 47.3 Å². The van der Waals surface area contributed by atoms with Crippen molar-refractivity contribution in [3.05, 3.63) is 28.7 Å². The topological polar surface area (TPSA) is 41.1 Å². The Hall–Kier alpha value is -0.870. The minimum absolute atomic E-state index is 0.00722. The molecular weight excluding hydrogens is 292 g/mol. The number of halogens is 1. The van der Waals surface area contributed by atoms with Gasteiger partial charge in [-0.1, -0.05) is 42.8 Å². The van der Waals surface area contributed by atoms with Crippen LogP contribution in [0.1, 0.15) is 27.2 Å². The number of benzene rings is 1. The molecule has 1 aromatic rings. The predicted molar refractivity (Wildman–Crippen MR) is 79.7 cm³/mol. The van der Waals surface area contributed by atoms with Gasteiger partial charge in [0.1, 0.15) is 0 Å². The lowest BCUT2D eigenvalue weighted by Gasteiger charge is -2.20. The molecule has 1 atom stereocenters. The Morgan fingerprint density at radius 1 is 1.39 bits per heavy atom. The van der Waals surface area contributed by atoms with Gasteiger partial charge in [0.05, 0.1) is 6.54 Å². The predicted octanol–water partition coefficient (Wildman–Crippen LogP) is 3.41. The fourth-order valence-corrected chi connectivity index (χ4v) is 2.25. The fourth-order valence-electron chi connectivity index (χ4n) is 1.85. The molecule has 0 aliphatic heterocycles. The van der Waals surface area contributed by atoms with E-state index < -0.39 is 0 Å². The minimum atomic E-state index is -0.00722. The minimum Gasteiger partial charge on any atom is -0.325 e. The van der Waals surface area contributed by atoms with Crippen molar-refractivity contribution in [2.45, 2.75) is 33.2 Å². The van der Waals surface area contributed by atoms with Gasteiger partial charge in [0.15, 0.2) is 0 Å². The Bertz CT molecular complexity index is 393. The smallest absolute Gasteiger partial charge is 0.238 e. The van der Waals surface area contributed by atoms with Crippen LogP contribution < -0.4 is 10.6 Å². The lowest BCUT2D eigenvalue weighted by atomic mass is 10.0. The summed E-state index contributed by atoms with van der Waals surface area (Å²) < 4.78 is 0.960. The standard InChI is InChI=1S/C14H21BrN2O/c1-4-13(10(2)3)16-9-14(18)17-12-7-5-6-11(15)8-12/h5-8,10,13,16H,4,9H2,1-3H3,(H,17,18). The highest BCUT2D eigenvalue weighted by molar-refractivity contribution is 9.10. The van der Waals surface area contributed by atoms with Crippen LogP contribution in [0.3, 0.4) is 0 Å². The molecule has 0 heterocycles. The summed E-state index contributed by atoms with van der Waals surface area (Å²) in [5.74, 6) is 0.529. The number of amides is 1. The first kappa shape index (κ1) is 15.2. The van der Waals surface area contributed by atoms with E-state index in [0.29, 0.717) is 18.5 Å². The second-order valence-corrected chi connectivity index (χ2v) is 5.61. The van der Waals surface area contributed by atoms with Crippen LogP contribution in [0.25, 0.3) is 0 Å². The number of carbonyl (C=O) groups excluding carboxylic acids is 1. The van der Waals surface area contributed by atoms with Crippen LogP contribution in [0.15, 0.2) is 28.7 Å². The Morgan fingerprint density at radius 3 is 2.67 bits per heavy atom. The van der Waals surface area contributed by atoms with E-state index in [1.165, 1.54) is 0 Å². The number of rotatable bonds is 6. The van der Waals surface area contributed by atoms with Crippen LogP contribution in [-0.2, 0) is 4.79 Å². The maximum atomic E-state index is 11.8. The number of anilines is 1. The summed E-state index contributed by atoms with van der Waals surface area (Å²) in [7, 11) is 0. The molecule has 100 valence electrons. The highest BCUT2D eigenvalue weighted by atomic mass is 79.9. The second-order valence-electron chi connectivity index (χ2n) is 4.70. The largest absolute Gasteiger partial charge is 0.325 e. The molecule has 0 aromatic heterocycles. The van der Waals surface area contributed by atoms with Gasteiger partial charge in [-0.3, -0.25) is 4.79 Å². The molecule has 1 aromatic carbocycles. The van der Waals surface area contributed by atoms with E-state index in [1.807, 2.05) is 24.3 Å². The highest BCUT2D eigenvalue weighted by Gasteiger charge is 2.11. The molecule has 0 aliphatic carbocycles. The molecule has 1 unspecified atom stereocenters. The van der Waals surface area contributed by atoms with Crippen LogP contribution >= 0.6 is 15.9 Å². The van der Waals surface area contributed by atoms with Crippen molar-refractivity contribution in [3.63, 3.8) is 0 Å². The molecule has 0 saturated carbocycles. The molecule has 1 amide bonds. The zero-order valence-electron chi connectivity index (χ0n) is 11.2. The Morgan fingerprint density at radius 2 is 2.11 bits per heavy atom. The second kappa shape index (κ2) is 7.54. The first-order valence-corrected chi connectivity index (χ1v) is 7.11. The molecule has 2 N–H and O–H groups in total. The van der Waals surface area contributed by atoms with Crippen molar-refractivity contribution in [1.29, 1.82) is 0 Å². The summed E-state index contributed by atoms with van der Waals surface area (Å²) in [6.07, 6.45) is 1.03. The van der Waals surface area contributed by atoms with Crippen LogP contribution in [0, 0.1) is 5.92 Å². The number of hydrogen-bond donors (Lipinski definition) is 2. The van der Waals surface area contributed by atoms with Crippen molar-refractivity contribution in [1.82, 2.24) is 5.32 Å². The third kappa shape index (κ3) is 5.19. The lowest BCUT2D eigenvalue weighted by Crippen LogP contribution is -2.38. The molecule has 0 bridgehead atoms. The van der Waals surface area contributed by atoms with Crippen molar-refractivity contribution in [2.75, 3.05) is 11.9 Å². The van der Waals surface area contributed by atoms with Gasteiger partial charge >= 0.3 is 0 Å². The van der Waals surface area contributed by atoms with Gasteiger partial charge in [-0.25, -0.2) is 0 Å². The summed E-state index contributed by atoms with van der Waals surface area (Å²) in [6.45, 7) is 6.80. The normalized spacial score (nSPS) is 12.5. The Balaban J connectivity index is 2.42. The van der Waals surface area contributed by atoms with Crippen molar-refractivity contribution >= 4 is 27.5 Å². The van der Waals surface area contributed by atoms with Gasteiger partial charge in [0, 0.05) is 16.2 Å². The van der Waals surface area contributed by atoms with E-state index in [1.54, 1.807) is 0 Å². The van der Waals surface area contributed by atoms with Crippen molar-refractivity contribution in [2.24, 2.45) is 5.92 Å². The van der Waals surface area contributed by atoms with Crippen molar-refractivity contribution in [3.8, 4) is 0 Å². The molecular formula is C14H21BrN2O. The van der Waals surface area contributed by atoms with Gasteiger partial charge in [-0.15, -0.1) is 0 Å². The molecule has 3 nitrogen and oxygen atoms in total. The molecule has 0 aliphatic rings. The lowest BCUT2D eigenvalue weighted by molar-refractivity contribution is -0.115. The molecule has 0 saturated heterocycles. The molecule has 4 heteroatoms. The van der Waals surface area contributed by atoms with Crippen LogP contribution in [-0.4, -0.2) is 18.5 Å². The highest BCUT2D eigenvalue weighted by Crippen LogP contribution is 2.15. The maximum Gasteiger partial charge on any atom is 0.238 e. The van der Waals surface area contributed by atoms with E-state index in [9.17, 15) is 4.79 Å². The Kier molecular flexibility index (Phi) is 6.36. The molecule has 1 rings (SSSR count). The number of hydrogen-bond acceptors (Lipinski definition) is 2. The van der Waals surface area contributed by atoms with Crippen LogP contribution in [0.4, 0.5) is 5.69 Å². The summed E-state index contributed by atoms with van der Waals surface area (Å²) in [4.78, 5) is 11.8. The van der Waals surface area contributed by atoms with Crippen LogP contribution in [0.5, 0.6) is 0 Å². The molecule has 18 heavy (non-hydrogen) atoms. The van der Waals surface area contributed by atoms with E-state index in [0.717, 1.165) is 16.6 Å². The van der Waals surface area contributed by atoms with E-state index in [-0.39, 0.29) is 5.91 Å². The first-order chi connectivity index (χ1) is 8.52. The van der Waals surface area contributed by atoms with Gasteiger partial charge < -0.3 is 10.6 Å². The van der Waals surface area contributed by atoms with Crippen molar-refractivity contribution < 1.29 is 4.79 Å². The average Bonchev–Trinajstić information content (AvgIpc) is 2.29. The van der Waals surface area contributed by atoms with Gasteiger partial charge in [-0.2, -0.15) is 0 Å². The van der Waals surface area contributed by atoms with E-state index >= 15 is 0 Å². The van der Waals surface area contributed by atoms with Gasteiger partial charge in [0.25, 0.3) is 0 Å². The first-order valence-electron chi connectivity index (χ1n) is 6.31. The summed E-state index contributed by atoms with van der Waals surface area (Å²) in [5.41, 5.74) is 0.814. The van der Waals surface area contributed by atoms with Gasteiger partial charge in [0.2, 0.25) is 5.91 Å². The quantitative estimate of drug-likeness (QED) is 0.845. The summed E-state index contributed by atoms with van der Waals surface area (Å²) in [6, 6.07) is 7.98. The number of carbonyl (C=O) groups is 1. The average molecular weight is 313 g/mol. The molecule has 0 spiro atoms. The maximum absolute atomic E-state index is 11.8. The number of nitrogens with one attached hydrogen (secondary N) is 2. The van der Waals surface area contributed by atoms with Gasteiger partial charge in [-0.05, 0) is 30.5 Å². The monoisotopic (exact) mass is 312 g/mol. The zero-order chi connectivity index (χ0) is 13.5. The molecule has 0 fully saturated rings. The summed E-state index contributed by atoms with van der Waals surface area (Å²) in [5, 5.41) is 6.15. The molecule has 0 radical (unpaired) electrons. The summed E-state index contributed by atoms with van der Waals surface area (Å²) >= 11 is 3.38. The fraction of sp³-hybridized carbons (Fsp3) is 0.500.